The Morgan fingerprint density at radius 1 is 1.16 bits per heavy atom. The van der Waals surface area contributed by atoms with Gasteiger partial charge in [0, 0.05) is 5.02 Å². The van der Waals surface area contributed by atoms with Gasteiger partial charge in [0.05, 0.1) is 11.1 Å². The summed E-state index contributed by atoms with van der Waals surface area (Å²) in [6, 6.07) is 6.62. The van der Waals surface area contributed by atoms with E-state index >= 15 is 0 Å². The molecule has 0 bridgehead atoms. The van der Waals surface area contributed by atoms with Gasteiger partial charge in [-0.3, -0.25) is 0 Å². The second kappa shape index (κ2) is 5.86. The Morgan fingerprint density at radius 3 is 2.32 bits per heavy atom. The summed E-state index contributed by atoms with van der Waals surface area (Å²) in [6.07, 6.45) is 0. The highest BCUT2D eigenvalue weighted by molar-refractivity contribution is 9.10. The van der Waals surface area contributed by atoms with Crippen molar-refractivity contribution < 1.29 is 18.6 Å². The molecule has 0 amide bonds. The predicted molar refractivity (Wildman–Crippen MR) is 71.5 cm³/mol. The number of rotatable bonds is 3. The van der Waals surface area contributed by atoms with Gasteiger partial charge in [0.25, 0.3) is 0 Å². The summed E-state index contributed by atoms with van der Waals surface area (Å²) in [5.41, 5.74) is 0.137. The molecule has 1 N–H and O–H groups in total. The van der Waals surface area contributed by atoms with Crippen LogP contribution < -0.4 is 4.74 Å². The first-order chi connectivity index (χ1) is 9.01. The van der Waals surface area contributed by atoms with E-state index in [1.54, 1.807) is 12.1 Å². The van der Waals surface area contributed by atoms with Crippen LogP contribution in [0.5, 0.6) is 11.5 Å². The van der Waals surface area contributed by atoms with Crippen LogP contribution in [0.2, 0.25) is 5.02 Å². The van der Waals surface area contributed by atoms with Crippen molar-refractivity contribution in [3.63, 3.8) is 0 Å². The molecule has 2 nitrogen and oxygen atoms in total. The molecule has 2 aromatic carbocycles. The van der Waals surface area contributed by atoms with Gasteiger partial charge in [-0.1, -0.05) is 11.6 Å². The largest absolute Gasteiger partial charge is 0.450 e. The highest BCUT2D eigenvalue weighted by Crippen LogP contribution is 2.34. The zero-order chi connectivity index (χ0) is 14.0. The fourth-order valence-corrected chi connectivity index (χ4v) is 2.23. The number of benzene rings is 2. The van der Waals surface area contributed by atoms with Crippen molar-refractivity contribution in [1.29, 1.82) is 0 Å². The predicted octanol–water partition coefficient (Wildman–Crippen LogP) is 4.67. The second-order valence-corrected chi connectivity index (χ2v) is 5.01. The van der Waals surface area contributed by atoms with E-state index in [9.17, 15) is 8.78 Å². The number of halogens is 4. The summed E-state index contributed by atoms with van der Waals surface area (Å²) in [7, 11) is 0. The topological polar surface area (TPSA) is 29.5 Å². The maximum atomic E-state index is 13.7. The maximum absolute atomic E-state index is 13.7. The van der Waals surface area contributed by atoms with Gasteiger partial charge in [0.2, 0.25) is 0 Å². The van der Waals surface area contributed by atoms with Crippen LogP contribution in [0.4, 0.5) is 8.78 Å². The summed E-state index contributed by atoms with van der Waals surface area (Å²) in [4.78, 5) is 0. The molecule has 0 aromatic heterocycles. The van der Waals surface area contributed by atoms with E-state index in [1.165, 1.54) is 6.07 Å². The van der Waals surface area contributed by atoms with Crippen molar-refractivity contribution in [2.45, 2.75) is 6.61 Å². The van der Waals surface area contributed by atoms with E-state index in [4.69, 9.17) is 21.4 Å². The van der Waals surface area contributed by atoms with Gasteiger partial charge in [-0.25, -0.2) is 8.78 Å². The summed E-state index contributed by atoms with van der Waals surface area (Å²) in [6.45, 7) is -0.446. The summed E-state index contributed by atoms with van der Waals surface area (Å²) < 4.78 is 33.0. The Kier molecular flexibility index (Phi) is 4.39. The Bertz CT molecular complexity index is 597. The Hall–Kier alpha value is -1.17. The highest BCUT2D eigenvalue weighted by atomic mass is 79.9. The van der Waals surface area contributed by atoms with E-state index in [2.05, 4.69) is 15.9 Å². The van der Waals surface area contributed by atoms with Crippen molar-refractivity contribution in [2.24, 2.45) is 0 Å². The molecule has 2 aromatic rings. The number of hydrogen-bond acceptors (Lipinski definition) is 2. The molecule has 0 aliphatic heterocycles. The fraction of sp³-hybridized carbons (Fsp3) is 0.0769. The van der Waals surface area contributed by atoms with Crippen molar-refractivity contribution in [3.05, 3.63) is 57.0 Å². The van der Waals surface area contributed by atoms with Crippen molar-refractivity contribution in [3.8, 4) is 11.5 Å². The lowest BCUT2D eigenvalue weighted by molar-refractivity contribution is 0.279. The van der Waals surface area contributed by atoms with Crippen LogP contribution in [-0.4, -0.2) is 5.11 Å². The van der Waals surface area contributed by atoms with E-state index in [0.29, 0.717) is 9.50 Å². The molecule has 0 aliphatic carbocycles. The number of aliphatic hydroxyl groups is 1. The van der Waals surface area contributed by atoms with Crippen LogP contribution in [0.25, 0.3) is 0 Å². The van der Waals surface area contributed by atoms with Gasteiger partial charge in [0.15, 0.2) is 17.4 Å². The Morgan fingerprint density at radius 2 is 1.79 bits per heavy atom. The highest BCUT2D eigenvalue weighted by Gasteiger charge is 2.15. The average Bonchev–Trinajstić information content (AvgIpc) is 2.35. The minimum absolute atomic E-state index is 0.137. The van der Waals surface area contributed by atoms with E-state index in [-0.39, 0.29) is 11.3 Å². The lowest BCUT2D eigenvalue weighted by Gasteiger charge is -2.10. The average molecular weight is 350 g/mol. The maximum Gasteiger partial charge on any atom is 0.198 e. The molecule has 100 valence electrons. The van der Waals surface area contributed by atoms with Crippen LogP contribution in [0.15, 0.2) is 34.8 Å². The zero-order valence-corrected chi connectivity index (χ0v) is 11.8. The van der Waals surface area contributed by atoms with Crippen LogP contribution >= 0.6 is 27.5 Å². The molecule has 0 atom stereocenters. The van der Waals surface area contributed by atoms with Gasteiger partial charge in [-0.15, -0.1) is 0 Å². The lowest BCUT2D eigenvalue weighted by Crippen LogP contribution is -1.96. The van der Waals surface area contributed by atoms with Crippen molar-refractivity contribution in [2.75, 3.05) is 0 Å². The summed E-state index contributed by atoms with van der Waals surface area (Å²) in [5.74, 6) is -2.06. The molecule has 0 aliphatic rings. The number of aliphatic hydroxyl groups excluding tert-OH is 1. The summed E-state index contributed by atoms with van der Waals surface area (Å²) in [5, 5.41) is 9.31. The lowest BCUT2D eigenvalue weighted by atomic mass is 10.2. The van der Waals surface area contributed by atoms with E-state index < -0.39 is 24.0 Å². The molecule has 0 heterocycles. The van der Waals surface area contributed by atoms with E-state index in [0.717, 1.165) is 12.1 Å². The first-order valence-corrected chi connectivity index (χ1v) is 6.40. The minimum atomic E-state index is -0.883. The molecule has 0 saturated heterocycles. The van der Waals surface area contributed by atoms with Crippen LogP contribution in [0.3, 0.4) is 0 Å². The van der Waals surface area contributed by atoms with Gasteiger partial charge >= 0.3 is 0 Å². The molecule has 0 unspecified atom stereocenters. The van der Waals surface area contributed by atoms with Gasteiger partial charge in [0.1, 0.15) is 5.75 Å². The fourth-order valence-electron chi connectivity index (χ4n) is 1.47. The third-order valence-electron chi connectivity index (χ3n) is 2.35. The third kappa shape index (κ3) is 3.23. The minimum Gasteiger partial charge on any atom is -0.450 e. The number of hydrogen-bond donors (Lipinski definition) is 1. The Balaban J connectivity index is 2.38. The first-order valence-electron chi connectivity index (χ1n) is 5.23. The monoisotopic (exact) mass is 348 g/mol. The van der Waals surface area contributed by atoms with Gasteiger partial charge < -0.3 is 9.84 Å². The van der Waals surface area contributed by atoms with Crippen LogP contribution in [-0.2, 0) is 6.61 Å². The SMILES string of the molecule is OCc1cc(F)c(Oc2ccc(Cl)cc2Br)c(F)c1. The van der Waals surface area contributed by atoms with Gasteiger partial charge in [-0.05, 0) is 51.8 Å². The molecule has 0 radical (unpaired) electrons. The standard InChI is InChI=1S/C13H8BrClF2O2/c14-9-5-8(15)1-2-12(9)19-13-10(16)3-7(6-18)4-11(13)17/h1-5,18H,6H2. The number of ether oxygens (including phenoxy) is 1. The first kappa shape index (κ1) is 14.2. The Labute approximate surface area is 121 Å². The zero-order valence-electron chi connectivity index (χ0n) is 9.46. The van der Waals surface area contributed by atoms with Crippen molar-refractivity contribution in [1.82, 2.24) is 0 Å². The third-order valence-corrected chi connectivity index (χ3v) is 3.20. The molecule has 0 spiro atoms. The van der Waals surface area contributed by atoms with Crippen LogP contribution in [0.1, 0.15) is 5.56 Å². The molecular weight excluding hydrogens is 341 g/mol. The molecule has 2 rings (SSSR count). The molecule has 6 heteroatoms. The van der Waals surface area contributed by atoms with Crippen LogP contribution in [0, 0.1) is 11.6 Å². The second-order valence-electron chi connectivity index (χ2n) is 3.72. The molecular formula is C13H8BrClF2O2. The normalized spacial score (nSPS) is 10.6. The van der Waals surface area contributed by atoms with Crippen molar-refractivity contribution >= 4 is 27.5 Å². The molecule has 0 saturated carbocycles. The quantitative estimate of drug-likeness (QED) is 0.873. The smallest absolute Gasteiger partial charge is 0.198 e. The summed E-state index contributed by atoms with van der Waals surface area (Å²) >= 11 is 8.95. The molecule has 19 heavy (non-hydrogen) atoms. The van der Waals surface area contributed by atoms with E-state index in [1.807, 2.05) is 0 Å². The van der Waals surface area contributed by atoms with Gasteiger partial charge in [-0.2, -0.15) is 0 Å². The molecule has 0 fully saturated rings.